The molecule has 1 rings (SSSR count). The fourth-order valence-corrected chi connectivity index (χ4v) is 1.39. The van der Waals surface area contributed by atoms with Gasteiger partial charge in [0.25, 0.3) is 0 Å². The van der Waals surface area contributed by atoms with Crippen molar-refractivity contribution in [1.82, 2.24) is 5.01 Å². The molecule has 1 atom stereocenters. The van der Waals surface area contributed by atoms with E-state index < -0.39 is 0 Å². The summed E-state index contributed by atoms with van der Waals surface area (Å²) in [5, 5.41) is 6.72. The molecule has 0 radical (unpaired) electrons. The molecule has 0 saturated heterocycles. The first kappa shape index (κ1) is 9.30. The van der Waals surface area contributed by atoms with Gasteiger partial charge in [-0.2, -0.15) is 5.10 Å². The molecule has 0 N–H and O–H groups in total. The molecule has 0 amide bonds. The van der Waals surface area contributed by atoms with Gasteiger partial charge < -0.3 is 0 Å². The van der Waals surface area contributed by atoms with E-state index in [9.17, 15) is 0 Å². The van der Waals surface area contributed by atoms with Gasteiger partial charge in [0, 0.05) is 12.6 Å². The molecule has 12 heavy (non-hydrogen) atoms. The number of nitrogens with zero attached hydrogens (tertiary/aromatic N) is 2. The number of hydrogen-bond donors (Lipinski definition) is 0. The van der Waals surface area contributed by atoms with Crippen molar-refractivity contribution in [2.24, 2.45) is 5.10 Å². The standard InChI is InChI=1S/C10H18N2/c1-4-10-8-6-7-9(3)12(5-2)11-10/h6,8-9H,4-5,7H2,1-3H3. The summed E-state index contributed by atoms with van der Waals surface area (Å²) in [5.74, 6) is 0. The lowest BCUT2D eigenvalue weighted by Gasteiger charge is -2.23. The molecule has 68 valence electrons. The molecule has 1 heterocycles. The lowest BCUT2D eigenvalue weighted by atomic mass is 10.2. The average molecular weight is 166 g/mol. The Hall–Kier alpha value is -0.790. The van der Waals surface area contributed by atoms with Crippen LogP contribution in [0, 0.1) is 0 Å². The van der Waals surface area contributed by atoms with E-state index in [4.69, 9.17) is 0 Å². The molecule has 1 aliphatic heterocycles. The normalized spacial score (nSPS) is 23.8. The van der Waals surface area contributed by atoms with Crippen molar-refractivity contribution in [2.75, 3.05) is 6.54 Å². The van der Waals surface area contributed by atoms with Crippen molar-refractivity contribution in [3.63, 3.8) is 0 Å². The monoisotopic (exact) mass is 166 g/mol. The summed E-state index contributed by atoms with van der Waals surface area (Å²) in [5.41, 5.74) is 1.20. The zero-order valence-corrected chi connectivity index (χ0v) is 8.25. The molecule has 2 nitrogen and oxygen atoms in total. The largest absolute Gasteiger partial charge is 0.294 e. The summed E-state index contributed by atoms with van der Waals surface area (Å²) < 4.78 is 0. The highest BCUT2D eigenvalue weighted by molar-refractivity contribution is 5.94. The van der Waals surface area contributed by atoms with E-state index in [-0.39, 0.29) is 0 Å². The second kappa shape index (κ2) is 4.29. The minimum absolute atomic E-state index is 0.551. The third kappa shape index (κ3) is 2.10. The smallest absolute Gasteiger partial charge is 0.0599 e. The molecular formula is C10H18N2. The zero-order chi connectivity index (χ0) is 8.97. The van der Waals surface area contributed by atoms with Crippen molar-refractivity contribution in [1.29, 1.82) is 0 Å². The first-order valence-electron chi connectivity index (χ1n) is 4.78. The summed E-state index contributed by atoms with van der Waals surface area (Å²) >= 11 is 0. The Morgan fingerprint density at radius 3 is 2.92 bits per heavy atom. The summed E-state index contributed by atoms with van der Waals surface area (Å²) in [6.07, 6.45) is 6.51. The minimum atomic E-state index is 0.551. The fraction of sp³-hybridized carbons (Fsp3) is 0.700. The molecule has 0 saturated carbocycles. The van der Waals surface area contributed by atoms with Crippen LogP contribution in [0.3, 0.4) is 0 Å². The maximum Gasteiger partial charge on any atom is 0.0599 e. The summed E-state index contributed by atoms with van der Waals surface area (Å²) in [6, 6.07) is 0.551. The molecule has 0 aliphatic carbocycles. The van der Waals surface area contributed by atoms with E-state index in [1.165, 1.54) is 5.71 Å². The first-order chi connectivity index (χ1) is 5.77. The van der Waals surface area contributed by atoms with E-state index >= 15 is 0 Å². The maximum absolute atomic E-state index is 4.56. The summed E-state index contributed by atoms with van der Waals surface area (Å²) in [6.45, 7) is 7.52. The van der Waals surface area contributed by atoms with Gasteiger partial charge in [-0.15, -0.1) is 0 Å². The van der Waals surface area contributed by atoms with Crippen LogP contribution in [-0.2, 0) is 0 Å². The highest BCUT2D eigenvalue weighted by Crippen LogP contribution is 2.10. The lowest BCUT2D eigenvalue weighted by molar-refractivity contribution is 0.233. The predicted octanol–water partition coefficient (Wildman–Crippen LogP) is 2.42. The number of rotatable bonds is 2. The predicted molar refractivity (Wildman–Crippen MR) is 53.3 cm³/mol. The van der Waals surface area contributed by atoms with E-state index in [1.807, 2.05) is 0 Å². The van der Waals surface area contributed by atoms with Gasteiger partial charge in [0.2, 0.25) is 0 Å². The molecule has 0 spiro atoms. The summed E-state index contributed by atoms with van der Waals surface area (Å²) in [4.78, 5) is 0. The van der Waals surface area contributed by atoms with Crippen LogP contribution >= 0.6 is 0 Å². The molecule has 1 unspecified atom stereocenters. The van der Waals surface area contributed by atoms with Crippen LogP contribution in [0.2, 0.25) is 0 Å². The molecular weight excluding hydrogens is 148 g/mol. The van der Waals surface area contributed by atoms with Gasteiger partial charge >= 0.3 is 0 Å². The first-order valence-corrected chi connectivity index (χ1v) is 4.78. The molecule has 2 heteroatoms. The Labute approximate surface area is 75.0 Å². The molecule has 0 fully saturated rings. The number of allylic oxidation sites excluding steroid dienone is 1. The fourth-order valence-electron chi connectivity index (χ4n) is 1.39. The van der Waals surface area contributed by atoms with Gasteiger partial charge in [-0.25, -0.2) is 0 Å². The van der Waals surface area contributed by atoms with Crippen molar-refractivity contribution in [3.05, 3.63) is 12.2 Å². The highest BCUT2D eigenvalue weighted by atomic mass is 15.5. The van der Waals surface area contributed by atoms with Gasteiger partial charge in [0.15, 0.2) is 0 Å². The van der Waals surface area contributed by atoms with Crippen LogP contribution < -0.4 is 0 Å². The van der Waals surface area contributed by atoms with Crippen molar-refractivity contribution >= 4 is 5.71 Å². The Morgan fingerprint density at radius 1 is 1.58 bits per heavy atom. The van der Waals surface area contributed by atoms with Crippen LogP contribution in [0.4, 0.5) is 0 Å². The molecule has 0 bridgehead atoms. The molecule has 1 aliphatic rings. The van der Waals surface area contributed by atoms with Crippen LogP contribution in [0.25, 0.3) is 0 Å². The quantitative estimate of drug-likeness (QED) is 0.615. The van der Waals surface area contributed by atoms with Crippen LogP contribution in [0.1, 0.15) is 33.6 Å². The SMILES string of the molecule is CCC1=NN(CC)C(C)CC=C1. The van der Waals surface area contributed by atoms with Crippen LogP contribution in [0.15, 0.2) is 17.3 Å². The summed E-state index contributed by atoms with van der Waals surface area (Å²) in [7, 11) is 0. The van der Waals surface area contributed by atoms with Gasteiger partial charge in [-0.05, 0) is 32.8 Å². The van der Waals surface area contributed by atoms with Gasteiger partial charge in [-0.1, -0.05) is 13.0 Å². The maximum atomic E-state index is 4.56. The van der Waals surface area contributed by atoms with Crippen LogP contribution in [-0.4, -0.2) is 23.3 Å². The second-order valence-electron chi connectivity index (χ2n) is 3.19. The highest BCUT2D eigenvalue weighted by Gasteiger charge is 2.10. The van der Waals surface area contributed by atoms with E-state index in [1.54, 1.807) is 0 Å². The van der Waals surface area contributed by atoms with Crippen LogP contribution in [0.5, 0.6) is 0 Å². The second-order valence-corrected chi connectivity index (χ2v) is 3.19. The molecule has 0 aromatic carbocycles. The Balaban J connectivity index is 2.73. The third-order valence-electron chi connectivity index (χ3n) is 2.24. The van der Waals surface area contributed by atoms with E-state index in [2.05, 4.69) is 43.0 Å². The zero-order valence-electron chi connectivity index (χ0n) is 8.25. The van der Waals surface area contributed by atoms with Gasteiger partial charge in [0.05, 0.1) is 5.71 Å². The number of hydrazone groups is 1. The Kier molecular flexibility index (Phi) is 3.32. The van der Waals surface area contributed by atoms with Crippen molar-refractivity contribution < 1.29 is 0 Å². The Morgan fingerprint density at radius 2 is 2.33 bits per heavy atom. The topological polar surface area (TPSA) is 15.6 Å². The van der Waals surface area contributed by atoms with Gasteiger partial charge in [0.1, 0.15) is 0 Å². The van der Waals surface area contributed by atoms with E-state index in [0.717, 1.165) is 19.4 Å². The van der Waals surface area contributed by atoms with Crippen molar-refractivity contribution in [2.45, 2.75) is 39.7 Å². The van der Waals surface area contributed by atoms with Crippen molar-refractivity contribution in [3.8, 4) is 0 Å². The molecule has 0 aromatic rings. The third-order valence-corrected chi connectivity index (χ3v) is 2.24. The lowest BCUT2D eigenvalue weighted by Crippen LogP contribution is -2.27. The molecule has 0 aromatic heterocycles. The van der Waals surface area contributed by atoms with Gasteiger partial charge in [-0.3, -0.25) is 5.01 Å². The average Bonchev–Trinajstić information content (AvgIpc) is 2.27. The minimum Gasteiger partial charge on any atom is -0.294 e. The Bertz CT molecular complexity index is 194. The van der Waals surface area contributed by atoms with E-state index in [0.29, 0.717) is 6.04 Å². The number of hydrogen-bond acceptors (Lipinski definition) is 2.